The highest BCUT2D eigenvalue weighted by atomic mass is 16.5. The molecule has 0 amide bonds. The molecule has 0 bridgehead atoms. The van der Waals surface area contributed by atoms with E-state index >= 15 is 0 Å². The largest absolute Gasteiger partial charge is 0.339 e. The first kappa shape index (κ1) is 18.3. The van der Waals surface area contributed by atoms with E-state index in [4.69, 9.17) is 10.3 Å². The summed E-state index contributed by atoms with van der Waals surface area (Å²) in [6, 6.07) is 10.1. The molecule has 7 heteroatoms. The lowest BCUT2D eigenvalue weighted by molar-refractivity contribution is 0.370. The Morgan fingerprint density at radius 2 is 1.79 bits per heavy atom. The van der Waals surface area contributed by atoms with Gasteiger partial charge >= 0.3 is 0 Å². The van der Waals surface area contributed by atoms with Crippen LogP contribution in [0.2, 0.25) is 0 Å². The highest BCUT2D eigenvalue weighted by molar-refractivity contribution is 5.72. The SMILES string of the molecule is Cc1cc(C)n2ncc(-c3noc(CC(N)c4ccc(C(C)C)cc4)n3)c2n1. The zero-order valence-electron chi connectivity index (χ0n) is 16.5. The maximum Gasteiger partial charge on any atom is 0.228 e. The molecule has 1 atom stereocenters. The third kappa shape index (κ3) is 3.41. The second-order valence-corrected chi connectivity index (χ2v) is 7.48. The minimum atomic E-state index is -0.207. The Morgan fingerprint density at radius 1 is 1.07 bits per heavy atom. The molecule has 4 rings (SSSR count). The van der Waals surface area contributed by atoms with Gasteiger partial charge < -0.3 is 10.3 Å². The summed E-state index contributed by atoms with van der Waals surface area (Å²) in [6.07, 6.45) is 2.19. The van der Waals surface area contributed by atoms with Crippen LogP contribution in [0.3, 0.4) is 0 Å². The summed E-state index contributed by atoms with van der Waals surface area (Å²) in [5, 5.41) is 8.50. The third-order valence-corrected chi connectivity index (χ3v) is 4.91. The molecule has 1 unspecified atom stereocenters. The van der Waals surface area contributed by atoms with E-state index in [1.54, 1.807) is 10.7 Å². The fraction of sp³-hybridized carbons (Fsp3) is 0.333. The molecule has 0 spiro atoms. The fourth-order valence-electron chi connectivity index (χ4n) is 3.31. The maximum atomic E-state index is 6.35. The number of rotatable bonds is 5. The van der Waals surface area contributed by atoms with Gasteiger partial charge in [-0.25, -0.2) is 9.50 Å². The molecule has 0 radical (unpaired) electrons. The van der Waals surface area contributed by atoms with Crippen LogP contribution in [0.15, 0.2) is 41.1 Å². The van der Waals surface area contributed by atoms with Gasteiger partial charge in [-0.1, -0.05) is 43.3 Å². The number of fused-ring (bicyclic) bond motifs is 1. The molecule has 3 heterocycles. The quantitative estimate of drug-likeness (QED) is 0.570. The van der Waals surface area contributed by atoms with E-state index in [1.807, 2.05) is 19.9 Å². The van der Waals surface area contributed by atoms with Crippen LogP contribution in [0.25, 0.3) is 17.0 Å². The molecule has 144 valence electrons. The number of hydrogen-bond donors (Lipinski definition) is 1. The maximum absolute atomic E-state index is 6.35. The molecule has 0 aliphatic rings. The number of benzene rings is 1. The van der Waals surface area contributed by atoms with Crippen molar-refractivity contribution in [3.8, 4) is 11.4 Å². The lowest BCUT2D eigenvalue weighted by Crippen LogP contribution is -2.13. The van der Waals surface area contributed by atoms with Crippen molar-refractivity contribution in [1.29, 1.82) is 0 Å². The fourth-order valence-corrected chi connectivity index (χ4v) is 3.31. The first-order valence-electron chi connectivity index (χ1n) is 9.42. The van der Waals surface area contributed by atoms with Crippen molar-refractivity contribution in [1.82, 2.24) is 24.7 Å². The Bertz CT molecular complexity index is 1110. The molecule has 0 saturated heterocycles. The predicted octanol–water partition coefficient (Wildman–Crippen LogP) is 3.76. The normalized spacial score (nSPS) is 12.8. The van der Waals surface area contributed by atoms with Crippen LogP contribution in [0.1, 0.15) is 54.2 Å². The van der Waals surface area contributed by atoms with Gasteiger partial charge in [0.1, 0.15) is 0 Å². The van der Waals surface area contributed by atoms with Crippen molar-refractivity contribution in [2.24, 2.45) is 5.73 Å². The summed E-state index contributed by atoms with van der Waals surface area (Å²) in [4.78, 5) is 9.09. The summed E-state index contributed by atoms with van der Waals surface area (Å²) in [6.45, 7) is 8.29. The van der Waals surface area contributed by atoms with Crippen molar-refractivity contribution in [2.75, 3.05) is 0 Å². The molecular formula is C21H24N6O. The Labute approximate surface area is 163 Å². The van der Waals surface area contributed by atoms with Crippen LogP contribution < -0.4 is 5.73 Å². The van der Waals surface area contributed by atoms with Crippen LogP contribution in [-0.2, 0) is 6.42 Å². The topological polar surface area (TPSA) is 95.1 Å². The molecule has 28 heavy (non-hydrogen) atoms. The minimum absolute atomic E-state index is 0.207. The predicted molar refractivity (Wildman–Crippen MR) is 107 cm³/mol. The highest BCUT2D eigenvalue weighted by Crippen LogP contribution is 2.24. The lowest BCUT2D eigenvalue weighted by atomic mass is 9.98. The van der Waals surface area contributed by atoms with Gasteiger partial charge in [-0.2, -0.15) is 10.1 Å². The highest BCUT2D eigenvalue weighted by Gasteiger charge is 2.18. The van der Waals surface area contributed by atoms with Crippen molar-refractivity contribution in [3.63, 3.8) is 0 Å². The molecule has 0 saturated carbocycles. The Kier molecular flexibility index (Phi) is 4.68. The van der Waals surface area contributed by atoms with Crippen LogP contribution in [-0.4, -0.2) is 24.7 Å². The molecule has 0 fully saturated rings. The molecule has 0 aliphatic carbocycles. The van der Waals surface area contributed by atoms with Gasteiger partial charge in [-0.15, -0.1) is 0 Å². The van der Waals surface area contributed by atoms with E-state index in [-0.39, 0.29) is 6.04 Å². The Morgan fingerprint density at radius 3 is 2.50 bits per heavy atom. The average Bonchev–Trinajstić information content (AvgIpc) is 3.28. The first-order chi connectivity index (χ1) is 13.4. The van der Waals surface area contributed by atoms with Crippen LogP contribution in [0, 0.1) is 13.8 Å². The van der Waals surface area contributed by atoms with E-state index in [1.165, 1.54) is 5.56 Å². The number of aryl methyl sites for hydroxylation is 2. The summed E-state index contributed by atoms with van der Waals surface area (Å²) >= 11 is 0. The molecule has 7 nitrogen and oxygen atoms in total. The Balaban J connectivity index is 1.56. The molecule has 2 N–H and O–H groups in total. The summed E-state index contributed by atoms with van der Waals surface area (Å²) in [7, 11) is 0. The van der Waals surface area contributed by atoms with Gasteiger partial charge in [0, 0.05) is 23.9 Å². The van der Waals surface area contributed by atoms with E-state index in [0.29, 0.717) is 24.1 Å². The van der Waals surface area contributed by atoms with E-state index in [2.05, 4.69) is 58.3 Å². The molecule has 4 aromatic rings. The Hall–Kier alpha value is -3.06. The van der Waals surface area contributed by atoms with E-state index in [0.717, 1.165) is 28.2 Å². The van der Waals surface area contributed by atoms with Gasteiger partial charge in [0.05, 0.1) is 11.8 Å². The monoisotopic (exact) mass is 376 g/mol. The van der Waals surface area contributed by atoms with Gasteiger partial charge in [0.15, 0.2) is 5.65 Å². The number of hydrogen-bond acceptors (Lipinski definition) is 6. The molecule has 0 aliphatic heterocycles. The van der Waals surface area contributed by atoms with E-state index in [9.17, 15) is 0 Å². The molecule has 1 aromatic carbocycles. The van der Waals surface area contributed by atoms with Gasteiger partial charge in [-0.05, 0) is 37.0 Å². The van der Waals surface area contributed by atoms with Crippen molar-refractivity contribution >= 4 is 5.65 Å². The zero-order valence-corrected chi connectivity index (χ0v) is 16.5. The minimum Gasteiger partial charge on any atom is -0.339 e. The average molecular weight is 376 g/mol. The lowest BCUT2D eigenvalue weighted by Gasteiger charge is -2.11. The molecular weight excluding hydrogens is 352 g/mol. The number of nitrogens with zero attached hydrogens (tertiary/aromatic N) is 5. The summed E-state index contributed by atoms with van der Waals surface area (Å²) in [5.41, 5.74) is 12.1. The van der Waals surface area contributed by atoms with Crippen LogP contribution in [0.4, 0.5) is 0 Å². The van der Waals surface area contributed by atoms with Crippen molar-refractivity contribution < 1.29 is 4.52 Å². The van der Waals surface area contributed by atoms with Gasteiger partial charge in [-0.3, -0.25) is 0 Å². The number of nitrogens with two attached hydrogens (primary N) is 1. The van der Waals surface area contributed by atoms with Crippen molar-refractivity contribution in [3.05, 3.63) is 64.9 Å². The van der Waals surface area contributed by atoms with Gasteiger partial charge in [0.25, 0.3) is 0 Å². The zero-order chi connectivity index (χ0) is 19.8. The first-order valence-corrected chi connectivity index (χ1v) is 9.42. The molecule has 3 aromatic heterocycles. The standard InChI is InChI=1S/C21H24N6O/c1-12(2)15-5-7-16(8-6-15)18(22)10-19-25-20(26-28-19)17-11-23-27-14(4)9-13(3)24-21(17)27/h5-9,11-12,18H,10,22H2,1-4H3. The van der Waals surface area contributed by atoms with Crippen molar-refractivity contribution in [2.45, 2.75) is 46.1 Å². The third-order valence-electron chi connectivity index (χ3n) is 4.91. The van der Waals surface area contributed by atoms with E-state index < -0.39 is 0 Å². The summed E-state index contributed by atoms with van der Waals surface area (Å²) in [5.74, 6) is 1.47. The second kappa shape index (κ2) is 7.16. The van der Waals surface area contributed by atoms with Crippen LogP contribution >= 0.6 is 0 Å². The van der Waals surface area contributed by atoms with Gasteiger partial charge in [0.2, 0.25) is 11.7 Å². The summed E-state index contributed by atoms with van der Waals surface area (Å²) < 4.78 is 7.22. The second-order valence-electron chi connectivity index (χ2n) is 7.48. The smallest absolute Gasteiger partial charge is 0.228 e. The van der Waals surface area contributed by atoms with Crippen LogP contribution in [0.5, 0.6) is 0 Å². The number of aromatic nitrogens is 5.